The van der Waals surface area contributed by atoms with Crippen LogP contribution in [0.3, 0.4) is 0 Å². The Kier molecular flexibility index (Phi) is 8.64. The van der Waals surface area contributed by atoms with Gasteiger partial charge in [0.25, 0.3) is 0 Å². The maximum absolute atomic E-state index is 13.6. The highest BCUT2D eigenvalue weighted by atomic mass is 19.4. The van der Waals surface area contributed by atoms with Crippen molar-refractivity contribution in [3.8, 4) is 5.69 Å². The fourth-order valence-electron chi connectivity index (χ4n) is 5.27. The van der Waals surface area contributed by atoms with E-state index in [1.54, 1.807) is 0 Å². The molecule has 0 aliphatic carbocycles. The van der Waals surface area contributed by atoms with E-state index < -0.39 is 29.5 Å². The zero-order valence-corrected chi connectivity index (χ0v) is 22.3. The number of nitrogens with zero attached hydrogens (tertiary/aromatic N) is 5. The van der Waals surface area contributed by atoms with Gasteiger partial charge in [0.1, 0.15) is 11.9 Å². The Bertz CT molecular complexity index is 1170. The van der Waals surface area contributed by atoms with Gasteiger partial charge in [0.2, 0.25) is 0 Å². The first-order chi connectivity index (χ1) is 18.3. The number of hydrogen-bond acceptors (Lipinski definition) is 7. The molecule has 2 aliphatic rings. The summed E-state index contributed by atoms with van der Waals surface area (Å²) < 4.78 is 42.2. The Labute approximate surface area is 225 Å². The zero-order valence-electron chi connectivity index (χ0n) is 22.3. The standard InChI is InChI=1S/C26H37F3N8O2/c1-25(2,31)22(26(27,28)29)35-13-15-36(16-14-35)23(38)32-21-9-12-37(24(39)33-21)20-5-3-18(4-6-20)17-34-10-7-19(30)8-11-34/h3-6,9,12,19,22H,7-8,10-11,13-17,30-31H2,1-2H3,(H,32,33,38,39). The second-order valence-electron chi connectivity index (χ2n) is 11.0. The number of hydrogen-bond donors (Lipinski definition) is 3. The Morgan fingerprint density at radius 3 is 2.21 bits per heavy atom. The Hall–Kier alpha value is -3.00. The molecule has 0 spiro atoms. The van der Waals surface area contributed by atoms with E-state index in [2.05, 4.69) is 15.2 Å². The average Bonchev–Trinajstić information content (AvgIpc) is 2.85. The van der Waals surface area contributed by atoms with Crippen LogP contribution in [0.15, 0.2) is 41.3 Å². The van der Waals surface area contributed by atoms with E-state index in [0.29, 0.717) is 5.69 Å². The maximum Gasteiger partial charge on any atom is 0.405 e. The summed E-state index contributed by atoms with van der Waals surface area (Å²) in [6.45, 7) is 5.66. The van der Waals surface area contributed by atoms with Gasteiger partial charge in [-0.2, -0.15) is 18.2 Å². The third-order valence-electron chi connectivity index (χ3n) is 7.27. The van der Waals surface area contributed by atoms with Gasteiger partial charge in [0, 0.05) is 50.5 Å². The Morgan fingerprint density at radius 1 is 1.05 bits per heavy atom. The molecule has 2 aliphatic heterocycles. The second-order valence-corrected chi connectivity index (χ2v) is 11.0. The fraction of sp³-hybridized carbons (Fsp3) is 0.577. The van der Waals surface area contributed by atoms with Gasteiger partial charge in [-0.1, -0.05) is 12.1 Å². The van der Waals surface area contributed by atoms with Crippen LogP contribution < -0.4 is 22.5 Å². The van der Waals surface area contributed by atoms with Crippen molar-refractivity contribution in [2.45, 2.75) is 57.0 Å². The highest BCUT2D eigenvalue weighted by Gasteiger charge is 2.51. The van der Waals surface area contributed by atoms with E-state index in [9.17, 15) is 22.8 Å². The monoisotopic (exact) mass is 550 g/mol. The van der Waals surface area contributed by atoms with Crippen LogP contribution in [0.2, 0.25) is 0 Å². The Morgan fingerprint density at radius 2 is 1.67 bits per heavy atom. The lowest BCUT2D eigenvalue weighted by atomic mass is 9.93. The van der Waals surface area contributed by atoms with Gasteiger partial charge in [0.15, 0.2) is 0 Å². The van der Waals surface area contributed by atoms with E-state index in [4.69, 9.17) is 11.5 Å². The number of amides is 2. The number of halogens is 3. The number of urea groups is 1. The minimum atomic E-state index is -4.49. The molecule has 2 saturated heterocycles. The Balaban J connectivity index is 1.33. The summed E-state index contributed by atoms with van der Waals surface area (Å²) in [5.74, 6) is 0.0693. The molecule has 0 radical (unpaired) electrons. The number of nitrogens with two attached hydrogens (primary N) is 2. The third-order valence-corrected chi connectivity index (χ3v) is 7.27. The van der Waals surface area contributed by atoms with Gasteiger partial charge in [-0.3, -0.25) is 19.7 Å². The number of likely N-dealkylation sites (tertiary alicyclic amines) is 1. The first-order valence-electron chi connectivity index (χ1n) is 13.1. The quantitative estimate of drug-likeness (QED) is 0.502. The largest absolute Gasteiger partial charge is 0.405 e. The first kappa shape index (κ1) is 29.0. The number of rotatable bonds is 6. The van der Waals surface area contributed by atoms with Crippen LogP contribution in [0.25, 0.3) is 5.69 Å². The molecule has 5 N–H and O–H groups in total. The van der Waals surface area contributed by atoms with Gasteiger partial charge < -0.3 is 16.4 Å². The highest BCUT2D eigenvalue weighted by molar-refractivity contribution is 5.88. The van der Waals surface area contributed by atoms with Crippen LogP contribution in [0, 0.1) is 0 Å². The normalized spacial score (nSPS) is 19.2. The van der Waals surface area contributed by atoms with Crippen molar-refractivity contribution in [2.75, 3.05) is 44.6 Å². The molecule has 1 atom stereocenters. The number of piperazine rings is 1. The first-order valence-corrected chi connectivity index (χ1v) is 13.1. The van der Waals surface area contributed by atoms with Crippen LogP contribution in [0.4, 0.5) is 23.8 Å². The summed E-state index contributed by atoms with van der Waals surface area (Å²) in [7, 11) is 0. The number of carbonyl (C=O) groups excluding carboxylic acids is 1. The van der Waals surface area contributed by atoms with Crippen molar-refractivity contribution in [2.24, 2.45) is 11.5 Å². The van der Waals surface area contributed by atoms with Gasteiger partial charge >= 0.3 is 17.9 Å². The fourth-order valence-corrected chi connectivity index (χ4v) is 5.27. The molecule has 2 amide bonds. The summed E-state index contributed by atoms with van der Waals surface area (Å²) in [5, 5.41) is 2.58. The van der Waals surface area contributed by atoms with Gasteiger partial charge in [0.05, 0.1) is 5.69 Å². The van der Waals surface area contributed by atoms with Crippen LogP contribution >= 0.6 is 0 Å². The minimum absolute atomic E-state index is 0.0224. The molecule has 4 rings (SSSR count). The predicted octanol–water partition coefficient (Wildman–Crippen LogP) is 1.97. The molecule has 39 heavy (non-hydrogen) atoms. The molecule has 10 nitrogen and oxygen atoms in total. The van der Waals surface area contributed by atoms with Crippen molar-refractivity contribution in [3.05, 3.63) is 52.6 Å². The molecule has 13 heteroatoms. The van der Waals surface area contributed by atoms with Gasteiger partial charge in [-0.05, 0) is 63.5 Å². The number of carbonyl (C=O) groups is 1. The van der Waals surface area contributed by atoms with Crippen LogP contribution in [-0.4, -0.2) is 93.3 Å². The van der Waals surface area contributed by atoms with Crippen LogP contribution in [0.1, 0.15) is 32.3 Å². The van der Waals surface area contributed by atoms with Crippen molar-refractivity contribution in [1.82, 2.24) is 24.3 Å². The van der Waals surface area contributed by atoms with E-state index in [1.807, 2.05) is 24.3 Å². The van der Waals surface area contributed by atoms with Gasteiger partial charge in [-0.15, -0.1) is 0 Å². The SMILES string of the molecule is CC(C)(N)C(N1CCN(C(=O)Nc2ccn(-c3ccc(CN4CCC(N)CC4)cc3)c(=O)n2)CC1)C(F)(F)F. The molecule has 3 heterocycles. The zero-order chi connectivity index (χ0) is 28.4. The van der Waals surface area contributed by atoms with Crippen LogP contribution in [-0.2, 0) is 6.54 Å². The molecular weight excluding hydrogens is 513 g/mol. The topological polar surface area (TPSA) is 126 Å². The number of piperidine rings is 1. The van der Waals surface area contributed by atoms with Crippen molar-refractivity contribution < 1.29 is 18.0 Å². The van der Waals surface area contributed by atoms with Crippen LogP contribution in [0.5, 0.6) is 0 Å². The van der Waals surface area contributed by atoms with Crippen molar-refractivity contribution in [3.63, 3.8) is 0 Å². The molecule has 1 aromatic carbocycles. The number of nitrogens with one attached hydrogen (secondary N) is 1. The summed E-state index contributed by atoms with van der Waals surface area (Å²) in [6, 6.07) is 7.09. The molecule has 2 aromatic rings. The number of benzene rings is 1. The van der Waals surface area contributed by atoms with Crippen molar-refractivity contribution >= 4 is 11.8 Å². The maximum atomic E-state index is 13.6. The summed E-state index contributed by atoms with van der Waals surface area (Å²) >= 11 is 0. The lowest BCUT2D eigenvalue weighted by Gasteiger charge is -2.44. The summed E-state index contributed by atoms with van der Waals surface area (Å²) in [4.78, 5) is 34.4. The number of anilines is 1. The lowest BCUT2D eigenvalue weighted by Crippen LogP contribution is -2.65. The molecule has 1 unspecified atom stereocenters. The number of alkyl halides is 3. The summed E-state index contributed by atoms with van der Waals surface area (Å²) in [5.41, 5.74) is 11.5. The number of aromatic nitrogens is 2. The smallest absolute Gasteiger partial charge is 0.328 e. The molecular formula is C26H37F3N8O2. The molecule has 214 valence electrons. The van der Waals surface area contributed by atoms with E-state index >= 15 is 0 Å². The summed E-state index contributed by atoms with van der Waals surface area (Å²) in [6.07, 6.45) is -0.979. The molecule has 2 fully saturated rings. The molecule has 0 bridgehead atoms. The molecule has 1 aromatic heterocycles. The van der Waals surface area contributed by atoms with E-state index in [-0.39, 0.29) is 38.0 Å². The van der Waals surface area contributed by atoms with E-state index in [0.717, 1.165) is 38.0 Å². The van der Waals surface area contributed by atoms with Crippen molar-refractivity contribution in [1.29, 1.82) is 0 Å². The van der Waals surface area contributed by atoms with E-state index in [1.165, 1.54) is 40.5 Å². The molecule has 0 saturated carbocycles. The van der Waals surface area contributed by atoms with Gasteiger partial charge in [-0.25, -0.2) is 9.59 Å². The lowest BCUT2D eigenvalue weighted by molar-refractivity contribution is -0.201. The second kappa shape index (κ2) is 11.6. The average molecular weight is 551 g/mol. The minimum Gasteiger partial charge on any atom is -0.328 e. The highest BCUT2D eigenvalue weighted by Crippen LogP contribution is 2.32. The predicted molar refractivity (Wildman–Crippen MR) is 143 cm³/mol. The third kappa shape index (κ3) is 7.35.